The molecule has 0 atom stereocenters. The van der Waals surface area contributed by atoms with Gasteiger partial charge in [-0.05, 0) is 49.6 Å². The number of carboxylic acid groups (broad SMARTS) is 1. The lowest BCUT2D eigenvalue weighted by atomic mass is 10.1. The highest BCUT2D eigenvalue weighted by atomic mass is 16.4. The van der Waals surface area contributed by atoms with Crippen molar-refractivity contribution in [3.63, 3.8) is 0 Å². The van der Waals surface area contributed by atoms with Crippen LogP contribution >= 0.6 is 0 Å². The molecule has 0 aliphatic carbocycles. The number of hydrogen-bond donors (Lipinski definition) is 3. The molecule has 0 saturated carbocycles. The Morgan fingerprint density at radius 1 is 1.35 bits per heavy atom. The largest absolute Gasteiger partial charge is 0.478 e. The molecule has 2 amide bonds. The van der Waals surface area contributed by atoms with Crippen molar-refractivity contribution < 1.29 is 14.7 Å². The average molecular weight is 276 g/mol. The van der Waals surface area contributed by atoms with Crippen LogP contribution in [-0.4, -0.2) is 23.1 Å². The Morgan fingerprint density at radius 2 is 2.05 bits per heavy atom. The topological polar surface area (TPSA) is 78.4 Å². The maximum atomic E-state index is 11.7. The Morgan fingerprint density at radius 3 is 2.60 bits per heavy atom. The summed E-state index contributed by atoms with van der Waals surface area (Å²) in [6.45, 7) is 5.76. The number of urea groups is 1. The van der Waals surface area contributed by atoms with E-state index in [0.717, 1.165) is 29.3 Å². The summed E-state index contributed by atoms with van der Waals surface area (Å²) in [6, 6.07) is 5.23. The van der Waals surface area contributed by atoms with E-state index in [-0.39, 0.29) is 12.1 Å². The van der Waals surface area contributed by atoms with Gasteiger partial charge in [0.25, 0.3) is 0 Å². The highest BCUT2D eigenvalue weighted by Gasteiger charge is 2.07. The Hall–Kier alpha value is -2.30. The van der Waals surface area contributed by atoms with Gasteiger partial charge < -0.3 is 15.7 Å². The smallest absolute Gasteiger partial charge is 0.328 e. The quantitative estimate of drug-likeness (QED) is 0.723. The van der Waals surface area contributed by atoms with E-state index in [2.05, 4.69) is 10.6 Å². The molecule has 0 aliphatic heterocycles. The molecule has 0 spiro atoms. The van der Waals surface area contributed by atoms with Crippen molar-refractivity contribution in [1.29, 1.82) is 0 Å². The molecule has 0 saturated heterocycles. The van der Waals surface area contributed by atoms with E-state index in [4.69, 9.17) is 5.11 Å². The molecule has 0 aliphatic rings. The number of carbonyl (C=O) groups is 2. The van der Waals surface area contributed by atoms with Crippen molar-refractivity contribution >= 4 is 23.8 Å². The lowest BCUT2D eigenvalue weighted by Gasteiger charge is -2.13. The third-order valence-corrected chi connectivity index (χ3v) is 2.60. The molecule has 1 rings (SSSR count). The predicted molar refractivity (Wildman–Crippen MR) is 79.8 cm³/mol. The molecule has 0 heterocycles. The van der Waals surface area contributed by atoms with Gasteiger partial charge >= 0.3 is 12.0 Å². The van der Waals surface area contributed by atoms with Crippen LogP contribution < -0.4 is 10.6 Å². The van der Waals surface area contributed by atoms with Crippen molar-refractivity contribution in [2.45, 2.75) is 33.2 Å². The van der Waals surface area contributed by atoms with E-state index in [1.54, 1.807) is 12.1 Å². The fourth-order valence-electron chi connectivity index (χ4n) is 1.72. The zero-order valence-corrected chi connectivity index (χ0v) is 11.9. The number of benzene rings is 1. The molecule has 0 unspecified atom stereocenters. The minimum absolute atomic E-state index is 0.0675. The molecule has 5 nitrogen and oxygen atoms in total. The molecule has 108 valence electrons. The molecular weight excluding hydrogens is 256 g/mol. The molecule has 3 N–H and O–H groups in total. The Kier molecular flexibility index (Phi) is 5.77. The van der Waals surface area contributed by atoms with E-state index >= 15 is 0 Å². The first-order chi connectivity index (χ1) is 9.42. The Balaban J connectivity index is 2.88. The van der Waals surface area contributed by atoms with E-state index in [0.29, 0.717) is 0 Å². The Bertz CT molecular complexity index is 522. The van der Waals surface area contributed by atoms with Gasteiger partial charge in [0.1, 0.15) is 0 Å². The van der Waals surface area contributed by atoms with E-state index in [1.807, 2.05) is 26.8 Å². The Labute approximate surface area is 118 Å². The molecular formula is C15H20N2O3. The maximum absolute atomic E-state index is 11.7. The fourth-order valence-corrected chi connectivity index (χ4v) is 1.72. The van der Waals surface area contributed by atoms with Crippen molar-refractivity contribution in [3.05, 3.63) is 35.4 Å². The first kappa shape index (κ1) is 15.8. The van der Waals surface area contributed by atoms with E-state index in [1.165, 1.54) is 6.08 Å². The number of anilines is 1. The fraction of sp³-hybridized carbons (Fsp3) is 0.333. The molecule has 1 aromatic carbocycles. The summed E-state index contributed by atoms with van der Waals surface area (Å²) in [6.07, 6.45) is 3.36. The van der Waals surface area contributed by atoms with E-state index < -0.39 is 5.97 Å². The van der Waals surface area contributed by atoms with Crippen LogP contribution in [0.4, 0.5) is 10.5 Å². The second-order valence-electron chi connectivity index (χ2n) is 4.69. The molecule has 0 aromatic heterocycles. The summed E-state index contributed by atoms with van der Waals surface area (Å²) in [5.41, 5.74) is 2.48. The van der Waals surface area contributed by atoms with Crippen molar-refractivity contribution in [2.75, 3.05) is 5.32 Å². The zero-order valence-electron chi connectivity index (χ0n) is 11.9. The first-order valence-electron chi connectivity index (χ1n) is 6.53. The van der Waals surface area contributed by atoms with Crippen LogP contribution in [0.25, 0.3) is 6.08 Å². The summed E-state index contributed by atoms with van der Waals surface area (Å²) in [7, 11) is 0. The summed E-state index contributed by atoms with van der Waals surface area (Å²) in [5.74, 6) is -0.985. The standard InChI is InChI=1S/C15H20N2O3/c1-4-12-9-11(6-8-14(18)19)5-7-13(12)17-15(20)16-10(2)3/h5-10H,4H2,1-3H3,(H,18,19)(H2,16,17,20)/b8-6+. The number of carboxylic acids is 1. The van der Waals surface area contributed by atoms with Gasteiger partial charge in [0.2, 0.25) is 0 Å². The van der Waals surface area contributed by atoms with Crippen LogP contribution in [0.1, 0.15) is 31.9 Å². The summed E-state index contributed by atoms with van der Waals surface area (Å²) in [5, 5.41) is 14.2. The number of rotatable bonds is 5. The zero-order chi connectivity index (χ0) is 15.1. The number of aryl methyl sites for hydroxylation is 1. The molecule has 1 aromatic rings. The van der Waals surface area contributed by atoms with Crippen molar-refractivity contribution in [1.82, 2.24) is 5.32 Å². The highest BCUT2D eigenvalue weighted by molar-refractivity contribution is 5.90. The van der Waals surface area contributed by atoms with Gasteiger partial charge in [-0.25, -0.2) is 9.59 Å². The van der Waals surface area contributed by atoms with Crippen LogP contribution in [0, 0.1) is 0 Å². The molecule has 20 heavy (non-hydrogen) atoms. The second-order valence-corrected chi connectivity index (χ2v) is 4.69. The van der Waals surface area contributed by atoms with Gasteiger partial charge in [-0.3, -0.25) is 0 Å². The van der Waals surface area contributed by atoms with Gasteiger partial charge in [-0.15, -0.1) is 0 Å². The van der Waals surface area contributed by atoms with Gasteiger partial charge in [0.05, 0.1) is 0 Å². The number of amides is 2. The van der Waals surface area contributed by atoms with Crippen LogP contribution in [0.2, 0.25) is 0 Å². The summed E-state index contributed by atoms with van der Waals surface area (Å²) >= 11 is 0. The summed E-state index contributed by atoms with van der Waals surface area (Å²) < 4.78 is 0. The molecule has 0 radical (unpaired) electrons. The van der Waals surface area contributed by atoms with Crippen molar-refractivity contribution in [3.8, 4) is 0 Å². The van der Waals surface area contributed by atoms with Crippen molar-refractivity contribution in [2.24, 2.45) is 0 Å². The van der Waals surface area contributed by atoms with Gasteiger partial charge in [0.15, 0.2) is 0 Å². The van der Waals surface area contributed by atoms with Crippen LogP contribution in [-0.2, 0) is 11.2 Å². The minimum Gasteiger partial charge on any atom is -0.478 e. The van der Waals surface area contributed by atoms with Gasteiger partial charge in [-0.2, -0.15) is 0 Å². The molecule has 0 bridgehead atoms. The average Bonchev–Trinajstić information content (AvgIpc) is 2.36. The van der Waals surface area contributed by atoms with Gasteiger partial charge in [-0.1, -0.05) is 13.0 Å². The van der Waals surface area contributed by atoms with Gasteiger partial charge in [0, 0.05) is 17.8 Å². The lowest BCUT2D eigenvalue weighted by molar-refractivity contribution is -0.131. The predicted octanol–water partition coefficient (Wildman–Crippen LogP) is 2.88. The molecule has 0 fully saturated rings. The maximum Gasteiger partial charge on any atom is 0.328 e. The third kappa shape index (κ3) is 5.14. The SMILES string of the molecule is CCc1cc(/C=C/C(=O)O)ccc1NC(=O)NC(C)C. The number of carbonyl (C=O) groups excluding carboxylic acids is 1. The normalized spacial score (nSPS) is 10.8. The third-order valence-electron chi connectivity index (χ3n) is 2.60. The second kappa shape index (κ2) is 7.33. The van der Waals surface area contributed by atoms with Crippen LogP contribution in [0.3, 0.4) is 0 Å². The first-order valence-corrected chi connectivity index (χ1v) is 6.53. The number of hydrogen-bond acceptors (Lipinski definition) is 2. The minimum atomic E-state index is -0.985. The lowest BCUT2D eigenvalue weighted by Crippen LogP contribution is -2.34. The van der Waals surface area contributed by atoms with Crippen LogP contribution in [0.15, 0.2) is 24.3 Å². The molecule has 5 heteroatoms. The summed E-state index contributed by atoms with van der Waals surface area (Å²) in [4.78, 5) is 22.2. The monoisotopic (exact) mass is 276 g/mol. The highest BCUT2D eigenvalue weighted by Crippen LogP contribution is 2.19. The number of nitrogens with one attached hydrogen (secondary N) is 2. The number of aliphatic carboxylic acids is 1. The van der Waals surface area contributed by atoms with E-state index in [9.17, 15) is 9.59 Å². The van der Waals surface area contributed by atoms with Crippen LogP contribution in [0.5, 0.6) is 0 Å².